The normalized spacial score (nSPS) is 16.9. The van der Waals surface area contributed by atoms with Crippen LogP contribution in [-0.2, 0) is 4.79 Å². The van der Waals surface area contributed by atoms with Gasteiger partial charge >= 0.3 is 5.97 Å². The number of aliphatic carboxylic acids is 1. The fourth-order valence-corrected chi connectivity index (χ4v) is 3.01. The molecule has 1 aromatic heterocycles. The maximum atomic E-state index is 12.4. The van der Waals surface area contributed by atoms with Gasteiger partial charge in [0.2, 0.25) is 0 Å². The first-order chi connectivity index (χ1) is 9.28. The number of nitrogens with zero attached hydrogens (tertiary/aromatic N) is 1. The van der Waals surface area contributed by atoms with Crippen molar-refractivity contribution in [2.45, 2.75) is 58.5 Å². The molecule has 0 bridgehead atoms. The summed E-state index contributed by atoms with van der Waals surface area (Å²) in [6, 6.07) is 2.10. The zero-order chi connectivity index (χ0) is 15.1. The summed E-state index contributed by atoms with van der Waals surface area (Å²) >= 11 is 0. The Hall–Kier alpha value is -1.78. The molecule has 1 heterocycles. The third-order valence-electron chi connectivity index (χ3n) is 4.21. The molecular weight excluding hydrogens is 256 g/mol. The van der Waals surface area contributed by atoms with Crippen LogP contribution in [-0.4, -0.2) is 27.1 Å². The van der Waals surface area contributed by atoms with Gasteiger partial charge in [-0.05, 0) is 53.0 Å². The number of carbonyl (C=O) groups excluding carboxylic acids is 1. The number of aryl methyl sites for hydroxylation is 1. The molecule has 1 amide bonds. The Kier molecular flexibility index (Phi) is 3.63. The molecule has 0 spiro atoms. The van der Waals surface area contributed by atoms with Gasteiger partial charge in [0.25, 0.3) is 5.91 Å². The van der Waals surface area contributed by atoms with E-state index in [0.29, 0.717) is 18.4 Å². The molecule has 1 aliphatic rings. The van der Waals surface area contributed by atoms with E-state index in [0.717, 1.165) is 17.8 Å². The fraction of sp³-hybridized carbons (Fsp3) is 0.600. The number of rotatable bonds is 4. The maximum absolute atomic E-state index is 12.4. The van der Waals surface area contributed by atoms with Crippen LogP contribution in [0.3, 0.4) is 0 Å². The Balaban J connectivity index is 2.26. The molecule has 0 saturated heterocycles. The first-order valence-corrected chi connectivity index (χ1v) is 7.03. The van der Waals surface area contributed by atoms with E-state index in [4.69, 9.17) is 0 Å². The zero-order valence-corrected chi connectivity index (χ0v) is 12.5. The lowest BCUT2D eigenvalue weighted by molar-refractivity contribution is -0.148. The maximum Gasteiger partial charge on any atom is 0.329 e. The lowest BCUT2D eigenvalue weighted by Gasteiger charge is -2.38. The largest absolute Gasteiger partial charge is 0.480 e. The molecule has 0 aromatic carbocycles. The topological polar surface area (TPSA) is 71.3 Å². The quantitative estimate of drug-likeness (QED) is 0.888. The molecule has 2 rings (SSSR count). The minimum absolute atomic E-state index is 0.272. The molecule has 0 aliphatic heterocycles. The van der Waals surface area contributed by atoms with Crippen LogP contribution in [0.4, 0.5) is 0 Å². The van der Waals surface area contributed by atoms with Crippen molar-refractivity contribution in [3.05, 3.63) is 23.0 Å². The zero-order valence-electron chi connectivity index (χ0n) is 12.5. The molecule has 0 radical (unpaired) electrons. The van der Waals surface area contributed by atoms with E-state index in [1.54, 1.807) is 0 Å². The Labute approximate surface area is 119 Å². The molecule has 20 heavy (non-hydrogen) atoms. The lowest BCUT2D eigenvalue weighted by Crippen LogP contribution is -2.59. The summed E-state index contributed by atoms with van der Waals surface area (Å²) in [5, 5.41) is 12.0. The summed E-state index contributed by atoms with van der Waals surface area (Å²) in [7, 11) is 0. The van der Waals surface area contributed by atoms with Gasteiger partial charge < -0.3 is 15.0 Å². The monoisotopic (exact) mass is 278 g/mol. The number of hydrogen-bond acceptors (Lipinski definition) is 2. The van der Waals surface area contributed by atoms with Gasteiger partial charge in [0.1, 0.15) is 5.54 Å². The second kappa shape index (κ2) is 4.96. The van der Waals surface area contributed by atoms with E-state index in [2.05, 4.69) is 23.7 Å². The minimum Gasteiger partial charge on any atom is -0.480 e. The number of carboxylic acids is 1. The van der Waals surface area contributed by atoms with Crippen molar-refractivity contribution < 1.29 is 14.7 Å². The Morgan fingerprint density at radius 3 is 2.30 bits per heavy atom. The van der Waals surface area contributed by atoms with E-state index in [-0.39, 0.29) is 11.9 Å². The highest BCUT2D eigenvalue weighted by molar-refractivity contribution is 5.99. The predicted molar refractivity (Wildman–Crippen MR) is 76.0 cm³/mol. The number of amides is 1. The van der Waals surface area contributed by atoms with Crippen molar-refractivity contribution in [1.82, 2.24) is 9.88 Å². The highest BCUT2D eigenvalue weighted by Crippen LogP contribution is 2.32. The molecule has 1 fully saturated rings. The molecule has 0 unspecified atom stereocenters. The van der Waals surface area contributed by atoms with E-state index in [1.807, 2.05) is 19.9 Å². The van der Waals surface area contributed by atoms with Gasteiger partial charge in [-0.25, -0.2) is 4.79 Å². The van der Waals surface area contributed by atoms with Crippen molar-refractivity contribution in [2.75, 3.05) is 0 Å². The van der Waals surface area contributed by atoms with Crippen LogP contribution >= 0.6 is 0 Å². The predicted octanol–water partition coefficient (Wildman–Crippen LogP) is 2.42. The number of aromatic nitrogens is 1. The van der Waals surface area contributed by atoms with Crippen molar-refractivity contribution in [3.8, 4) is 0 Å². The highest BCUT2D eigenvalue weighted by atomic mass is 16.4. The van der Waals surface area contributed by atoms with E-state index < -0.39 is 11.5 Å². The summed E-state index contributed by atoms with van der Waals surface area (Å²) in [4.78, 5) is 23.7. The molecular formula is C15H22N2O3. The first kappa shape index (κ1) is 14.6. The first-order valence-electron chi connectivity index (χ1n) is 7.03. The smallest absolute Gasteiger partial charge is 0.329 e. The summed E-state index contributed by atoms with van der Waals surface area (Å²) in [5.74, 6) is -1.22. The van der Waals surface area contributed by atoms with Gasteiger partial charge in [0.15, 0.2) is 0 Å². The standard InChI is InChI=1S/C15H22N2O3/c1-9(2)17-10(3)8-12(11(17)4)13(18)16-15(14(19)20)6-5-7-15/h8-9H,5-7H2,1-4H3,(H,16,18)(H,19,20). The minimum atomic E-state index is -1.06. The Bertz CT molecular complexity index is 554. The summed E-state index contributed by atoms with van der Waals surface area (Å²) in [5.41, 5.74) is 1.41. The number of nitrogens with one attached hydrogen (secondary N) is 1. The van der Waals surface area contributed by atoms with Crippen molar-refractivity contribution in [3.63, 3.8) is 0 Å². The number of carboxylic acid groups (broad SMARTS) is 1. The average Bonchev–Trinajstić information content (AvgIpc) is 2.58. The van der Waals surface area contributed by atoms with Gasteiger partial charge in [-0.1, -0.05) is 0 Å². The van der Waals surface area contributed by atoms with E-state index in [9.17, 15) is 14.7 Å². The van der Waals surface area contributed by atoms with Crippen LogP contribution < -0.4 is 5.32 Å². The van der Waals surface area contributed by atoms with Gasteiger partial charge in [0, 0.05) is 17.4 Å². The molecule has 5 heteroatoms. The average molecular weight is 278 g/mol. The van der Waals surface area contributed by atoms with E-state index in [1.165, 1.54) is 0 Å². The molecule has 1 aliphatic carbocycles. The molecule has 5 nitrogen and oxygen atoms in total. The molecule has 2 N–H and O–H groups in total. The van der Waals surface area contributed by atoms with Crippen molar-refractivity contribution >= 4 is 11.9 Å². The Morgan fingerprint density at radius 1 is 1.35 bits per heavy atom. The molecule has 1 saturated carbocycles. The SMILES string of the molecule is Cc1cc(C(=O)NC2(C(=O)O)CCC2)c(C)n1C(C)C. The summed E-state index contributed by atoms with van der Waals surface area (Å²) in [6.45, 7) is 7.98. The lowest BCUT2D eigenvalue weighted by atomic mass is 9.76. The second-order valence-electron chi connectivity index (χ2n) is 5.94. The van der Waals surface area contributed by atoms with Gasteiger partial charge in [-0.15, -0.1) is 0 Å². The second-order valence-corrected chi connectivity index (χ2v) is 5.94. The van der Waals surface area contributed by atoms with Gasteiger partial charge in [-0.2, -0.15) is 0 Å². The fourth-order valence-electron chi connectivity index (χ4n) is 3.01. The number of hydrogen-bond donors (Lipinski definition) is 2. The van der Waals surface area contributed by atoms with Crippen LogP contribution in [0.5, 0.6) is 0 Å². The number of carbonyl (C=O) groups is 2. The van der Waals surface area contributed by atoms with Crippen LogP contribution in [0.15, 0.2) is 6.07 Å². The summed E-state index contributed by atoms with van der Waals surface area (Å²) in [6.07, 6.45) is 1.87. The molecule has 110 valence electrons. The van der Waals surface area contributed by atoms with Crippen LogP contribution in [0, 0.1) is 13.8 Å². The summed E-state index contributed by atoms with van der Waals surface area (Å²) < 4.78 is 2.09. The molecule has 0 atom stereocenters. The van der Waals surface area contributed by atoms with Crippen LogP contribution in [0.1, 0.15) is 60.9 Å². The van der Waals surface area contributed by atoms with Gasteiger partial charge in [-0.3, -0.25) is 4.79 Å². The van der Waals surface area contributed by atoms with Crippen LogP contribution in [0.2, 0.25) is 0 Å². The van der Waals surface area contributed by atoms with Crippen molar-refractivity contribution in [1.29, 1.82) is 0 Å². The Morgan fingerprint density at radius 2 is 1.95 bits per heavy atom. The van der Waals surface area contributed by atoms with Crippen molar-refractivity contribution in [2.24, 2.45) is 0 Å². The molecule has 1 aromatic rings. The van der Waals surface area contributed by atoms with Crippen LogP contribution in [0.25, 0.3) is 0 Å². The van der Waals surface area contributed by atoms with E-state index >= 15 is 0 Å². The third-order valence-corrected chi connectivity index (χ3v) is 4.21. The van der Waals surface area contributed by atoms with Gasteiger partial charge in [0.05, 0.1) is 5.56 Å². The highest BCUT2D eigenvalue weighted by Gasteiger charge is 2.46. The third kappa shape index (κ3) is 2.21.